The predicted molar refractivity (Wildman–Crippen MR) is 134 cm³/mol. The Morgan fingerprint density at radius 3 is 2.25 bits per heavy atom. The zero-order chi connectivity index (χ0) is 25.7. The number of rotatable bonds is 6. The number of halogens is 4. The van der Waals surface area contributed by atoms with Gasteiger partial charge in [-0.1, -0.05) is 18.3 Å². The Labute approximate surface area is 211 Å². The van der Waals surface area contributed by atoms with Gasteiger partial charge in [0.2, 0.25) is 0 Å². The lowest BCUT2D eigenvalue weighted by atomic mass is 10.1. The third-order valence-electron chi connectivity index (χ3n) is 5.70. The molecule has 1 heterocycles. The lowest BCUT2D eigenvalue weighted by Gasteiger charge is -2.37. The Balaban J connectivity index is 1.26. The maximum atomic E-state index is 13.2. The van der Waals surface area contributed by atoms with Crippen LogP contribution < -0.4 is 15.0 Å². The molecule has 0 atom stereocenters. The topological polar surface area (TPSA) is 44.8 Å². The summed E-state index contributed by atoms with van der Waals surface area (Å²) in [6.07, 6.45) is -4.49. The van der Waals surface area contributed by atoms with Crippen LogP contribution in [0.3, 0.4) is 0 Å². The molecular formula is C26H23F4N3O2S. The van der Waals surface area contributed by atoms with Crippen molar-refractivity contribution in [1.82, 2.24) is 4.90 Å². The van der Waals surface area contributed by atoms with Gasteiger partial charge in [-0.05, 0) is 66.7 Å². The number of hydrogen-bond donors (Lipinski definition) is 1. The predicted octanol–water partition coefficient (Wildman–Crippen LogP) is 5.36. The summed E-state index contributed by atoms with van der Waals surface area (Å²) < 4.78 is 57.1. The smallest absolute Gasteiger partial charge is 0.416 e. The van der Waals surface area contributed by atoms with Gasteiger partial charge in [0.15, 0.2) is 6.61 Å². The average Bonchev–Trinajstić information content (AvgIpc) is 2.88. The maximum Gasteiger partial charge on any atom is 0.416 e. The summed E-state index contributed by atoms with van der Waals surface area (Å²) in [5, 5.41) is 2.40. The first-order chi connectivity index (χ1) is 17.2. The molecule has 0 aliphatic carbocycles. The van der Waals surface area contributed by atoms with E-state index in [1.165, 1.54) is 24.3 Å². The minimum absolute atomic E-state index is 0.0404. The van der Waals surface area contributed by atoms with Crippen LogP contribution in [0.2, 0.25) is 0 Å². The lowest BCUT2D eigenvalue weighted by molar-refractivity contribution is -0.137. The highest BCUT2D eigenvalue weighted by Gasteiger charge is 2.30. The number of benzene rings is 3. The van der Waals surface area contributed by atoms with Gasteiger partial charge in [-0.2, -0.15) is 13.2 Å². The van der Waals surface area contributed by atoms with E-state index in [4.69, 9.17) is 17.0 Å². The van der Waals surface area contributed by atoms with Crippen molar-refractivity contribution in [1.29, 1.82) is 0 Å². The molecule has 1 aliphatic rings. The van der Waals surface area contributed by atoms with E-state index in [-0.39, 0.29) is 18.1 Å². The molecule has 0 spiro atoms. The molecule has 4 rings (SSSR count). The van der Waals surface area contributed by atoms with E-state index >= 15 is 0 Å². The monoisotopic (exact) mass is 517 g/mol. The highest BCUT2D eigenvalue weighted by Crippen LogP contribution is 2.30. The summed E-state index contributed by atoms with van der Waals surface area (Å²) >= 11 is 5.64. The molecule has 188 valence electrons. The van der Waals surface area contributed by atoms with E-state index in [0.29, 0.717) is 10.7 Å². The molecular weight excluding hydrogens is 494 g/mol. The molecule has 1 aliphatic heterocycles. The fourth-order valence-electron chi connectivity index (χ4n) is 3.82. The van der Waals surface area contributed by atoms with Crippen molar-refractivity contribution in [3.63, 3.8) is 0 Å². The number of ether oxygens (including phenoxy) is 1. The van der Waals surface area contributed by atoms with Gasteiger partial charge in [-0.25, -0.2) is 4.39 Å². The summed E-state index contributed by atoms with van der Waals surface area (Å²) in [7, 11) is 0. The van der Waals surface area contributed by atoms with Crippen molar-refractivity contribution in [2.75, 3.05) is 43.0 Å². The molecule has 36 heavy (non-hydrogen) atoms. The van der Waals surface area contributed by atoms with Gasteiger partial charge in [0, 0.05) is 43.1 Å². The van der Waals surface area contributed by atoms with E-state index in [2.05, 4.69) is 15.1 Å². The Bertz CT molecular complexity index is 1210. The molecule has 1 saturated heterocycles. The molecule has 1 N–H and O–H groups in total. The van der Waals surface area contributed by atoms with E-state index in [9.17, 15) is 22.4 Å². The van der Waals surface area contributed by atoms with Gasteiger partial charge < -0.3 is 19.9 Å². The molecule has 0 radical (unpaired) electrons. The number of anilines is 2. The molecule has 3 aromatic rings. The quantitative estimate of drug-likeness (QED) is 0.352. The van der Waals surface area contributed by atoms with Crippen molar-refractivity contribution in [2.24, 2.45) is 0 Å². The van der Waals surface area contributed by atoms with E-state index in [0.717, 1.165) is 49.6 Å². The Morgan fingerprint density at radius 1 is 0.944 bits per heavy atom. The molecule has 1 amide bonds. The molecule has 3 aromatic carbocycles. The van der Waals surface area contributed by atoms with Crippen LogP contribution in [-0.4, -0.2) is 48.6 Å². The number of carbonyl (C=O) groups is 1. The van der Waals surface area contributed by atoms with Gasteiger partial charge >= 0.3 is 6.18 Å². The summed E-state index contributed by atoms with van der Waals surface area (Å²) in [5.41, 5.74) is 1.00. The van der Waals surface area contributed by atoms with Crippen LogP contribution in [0.25, 0.3) is 0 Å². The number of carbonyl (C=O) groups excluding carboxylic acids is 1. The Morgan fingerprint density at radius 2 is 1.61 bits per heavy atom. The van der Waals surface area contributed by atoms with Crippen LogP contribution in [0.4, 0.5) is 28.9 Å². The Hall–Kier alpha value is -3.66. The second-order valence-corrected chi connectivity index (χ2v) is 8.58. The van der Waals surface area contributed by atoms with Crippen molar-refractivity contribution in [3.8, 4) is 5.75 Å². The molecule has 0 saturated carbocycles. The number of nitrogens with one attached hydrogen (secondary N) is 1. The van der Waals surface area contributed by atoms with Crippen LogP contribution >= 0.6 is 12.2 Å². The summed E-state index contributed by atoms with van der Waals surface area (Å²) in [6.45, 7) is 2.61. The van der Waals surface area contributed by atoms with Gasteiger partial charge in [0.05, 0.1) is 5.56 Å². The molecule has 1 fully saturated rings. The largest absolute Gasteiger partial charge is 0.484 e. The van der Waals surface area contributed by atoms with E-state index < -0.39 is 17.6 Å². The number of piperazine rings is 1. The van der Waals surface area contributed by atoms with E-state index in [1.807, 2.05) is 0 Å². The van der Waals surface area contributed by atoms with Crippen LogP contribution in [0.1, 0.15) is 11.1 Å². The Kier molecular flexibility index (Phi) is 7.73. The highest BCUT2D eigenvalue weighted by molar-refractivity contribution is 7.80. The zero-order valence-corrected chi connectivity index (χ0v) is 19.9. The van der Waals surface area contributed by atoms with Gasteiger partial charge in [-0.3, -0.25) is 4.79 Å². The van der Waals surface area contributed by atoms with Gasteiger partial charge in [0.25, 0.3) is 5.91 Å². The van der Waals surface area contributed by atoms with E-state index in [1.54, 1.807) is 36.4 Å². The van der Waals surface area contributed by atoms with Crippen molar-refractivity contribution in [3.05, 3.63) is 89.7 Å². The fourth-order valence-corrected chi connectivity index (χ4v) is 4.13. The van der Waals surface area contributed by atoms with Crippen molar-refractivity contribution in [2.45, 2.75) is 6.18 Å². The third kappa shape index (κ3) is 6.51. The van der Waals surface area contributed by atoms with Crippen LogP contribution in [0, 0.1) is 5.82 Å². The third-order valence-corrected chi connectivity index (χ3v) is 6.20. The van der Waals surface area contributed by atoms with Crippen LogP contribution in [0.5, 0.6) is 5.75 Å². The number of thiocarbonyl (C=S) groups is 1. The number of alkyl halides is 3. The standard InChI is InChI=1S/C26H23F4N3O2S/c27-20-6-8-22(9-7-20)32-12-14-33(15-13-32)25(36)18-4-10-23(11-5-18)35-17-24(34)31-21-3-1-2-19(16-21)26(28,29)30/h1-11,16H,12-15,17H2,(H,31,34). The minimum Gasteiger partial charge on any atom is -0.484 e. The van der Waals surface area contributed by atoms with Crippen molar-refractivity contribution >= 4 is 34.5 Å². The van der Waals surface area contributed by atoms with Gasteiger partial charge in [-0.15, -0.1) is 0 Å². The SMILES string of the molecule is O=C(COc1ccc(C(=S)N2CCN(c3ccc(F)cc3)CC2)cc1)Nc1cccc(C(F)(F)F)c1. The summed E-state index contributed by atoms with van der Waals surface area (Å²) in [6, 6.07) is 17.8. The molecule has 10 heteroatoms. The number of nitrogens with zero attached hydrogens (tertiary/aromatic N) is 2. The lowest BCUT2D eigenvalue weighted by Crippen LogP contribution is -2.48. The molecule has 0 aromatic heterocycles. The van der Waals surface area contributed by atoms with Crippen molar-refractivity contribution < 1.29 is 27.1 Å². The normalized spacial score (nSPS) is 13.9. The van der Waals surface area contributed by atoms with Gasteiger partial charge in [0.1, 0.15) is 16.6 Å². The average molecular weight is 518 g/mol. The molecule has 0 unspecified atom stereocenters. The fraction of sp³-hybridized carbons (Fsp3) is 0.231. The van der Waals surface area contributed by atoms with Crippen LogP contribution in [0.15, 0.2) is 72.8 Å². The molecule has 5 nitrogen and oxygen atoms in total. The number of hydrogen-bond acceptors (Lipinski definition) is 4. The second-order valence-electron chi connectivity index (χ2n) is 8.20. The molecule has 0 bridgehead atoms. The summed E-state index contributed by atoms with van der Waals surface area (Å²) in [4.78, 5) is 17.1. The highest BCUT2D eigenvalue weighted by atomic mass is 32.1. The number of amides is 1. The zero-order valence-electron chi connectivity index (χ0n) is 19.1. The second kappa shape index (κ2) is 10.9. The first-order valence-corrected chi connectivity index (χ1v) is 11.6. The van der Waals surface area contributed by atoms with Crippen LogP contribution in [-0.2, 0) is 11.0 Å². The summed E-state index contributed by atoms with van der Waals surface area (Å²) in [5.74, 6) is -0.405. The first-order valence-electron chi connectivity index (χ1n) is 11.2. The first kappa shape index (κ1) is 25.4. The minimum atomic E-state index is -4.49. The maximum absolute atomic E-state index is 13.2.